The Morgan fingerprint density at radius 3 is 1.76 bits per heavy atom. The van der Waals surface area contributed by atoms with Crippen molar-refractivity contribution < 1.29 is 5.11 Å². The molecule has 0 saturated carbocycles. The van der Waals surface area contributed by atoms with Crippen LogP contribution in [0.5, 0.6) is 5.75 Å². The fourth-order valence-corrected chi connectivity index (χ4v) is 8.34. The van der Waals surface area contributed by atoms with Crippen LogP contribution in [0.1, 0.15) is 0 Å². The van der Waals surface area contributed by atoms with E-state index >= 15 is 0 Å². The fraction of sp³-hybridized carbons (Fsp3) is 0. The lowest BCUT2D eigenvalue weighted by atomic mass is 9.91. The van der Waals surface area contributed by atoms with Crippen LogP contribution < -0.4 is 5.32 Å². The molecule has 0 spiro atoms. The maximum absolute atomic E-state index is 11.5. The van der Waals surface area contributed by atoms with E-state index in [0.29, 0.717) is 0 Å². The smallest absolute Gasteiger partial charge is 0.125 e. The molecule has 242 valence electrons. The van der Waals surface area contributed by atoms with Crippen LogP contribution >= 0.6 is 11.3 Å². The summed E-state index contributed by atoms with van der Waals surface area (Å²) in [5.41, 5.74) is 12.7. The first kappa shape index (κ1) is 30.6. The first-order valence-electron chi connectivity index (χ1n) is 17.2. The van der Waals surface area contributed by atoms with Crippen LogP contribution in [0.2, 0.25) is 0 Å². The van der Waals surface area contributed by atoms with Crippen LogP contribution in [-0.4, -0.2) is 5.11 Å². The number of fused-ring (bicyclic) bond motifs is 3. The van der Waals surface area contributed by atoms with Gasteiger partial charge in [0.1, 0.15) is 5.75 Å². The van der Waals surface area contributed by atoms with Gasteiger partial charge in [0.2, 0.25) is 0 Å². The summed E-state index contributed by atoms with van der Waals surface area (Å²) in [6, 6.07) is 65.6. The predicted molar refractivity (Wildman–Crippen MR) is 218 cm³/mol. The van der Waals surface area contributed by atoms with Gasteiger partial charge in [0, 0.05) is 37.0 Å². The maximum atomic E-state index is 11.5. The Morgan fingerprint density at radius 1 is 0.373 bits per heavy atom. The molecule has 0 aliphatic carbocycles. The standard InChI is InChI=1S/C48H33NOS/c50-44-24-12-23-43(49-42-22-8-6-18-38(42)40-21-11-26-46-47(40)41-20-7-9-25-45(41)51-46)48(44)39-19-5-4-17-37(39)36-16-10-15-35(31-36)34-29-27-33(28-30-34)32-13-2-1-3-14-32/h1-31,49-50H. The number of thiophene rings is 1. The number of aromatic hydroxyl groups is 1. The summed E-state index contributed by atoms with van der Waals surface area (Å²) in [4.78, 5) is 0. The predicted octanol–water partition coefficient (Wildman–Crippen LogP) is 13.8. The first-order valence-corrected chi connectivity index (χ1v) is 18.0. The van der Waals surface area contributed by atoms with Gasteiger partial charge in [-0.2, -0.15) is 0 Å². The van der Waals surface area contributed by atoms with Crippen molar-refractivity contribution in [1.29, 1.82) is 0 Å². The summed E-state index contributed by atoms with van der Waals surface area (Å²) in [7, 11) is 0. The van der Waals surface area contributed by atoms with Gasteiger partial charge in [0.25, 0.3) is 0 Å². The van der Waals surface area contributed by atoms with Gasteiger partial charge in [0.15, 0.2) is 0 Å². The Labute approximate surface area is 301 Å². The number of rotatable bonds is 7. The highest BCUT2D eigenvalue weighted by atomic mass is 32.1. The van der Waals surface area contributed by atoms with E-state index in [0.717, 1.165) is 50.3 Å². The Hall–Kier alpha value is -6.42. The van der Waals surface area contributed by atoms with Crippen LogP contribution in [0.3, 0.4) is 0 Å². The van der Waals surface area contributed by atoms with E-state index < -0.39 is 0 Å². The number of phenols is 1. The van der Waals surface area contributed by atoms with Crippen LogP contribution in [0.15, 0.2) is 188 Å². The van der Waals surface area contributed by atoms with E-state index in [1.807, 2.05) is 35.6 Å². The van der Waals surface area contributed by atoms with E-state index in [1.54, 1.807) is 6.07 Å². The minimum Gasteiger partial charge on any atom is -0.507 e. The van der Waals surface area contributed by atoms with Crippen molar-refractivity contribution in [2.75, 3.05) is 5.32 Å². The number of nitrogens with one attached hydrogen (secondary N) is 1. The van der Waals surface area contributed by atoms with Gasteiger partial charge in [-0.15, -0.1) is 11.3 Å². The zero-order valence-corrected chi connectivity index (χ0v) is 28.6. The third-order valence-corrected chi connectivity index (χ3v) is 10.8. The molecule has 1 heterocycles. The lowest BCUT2D eigenvalue weighted by molar-refractivity contribution is 0.477. The minimum absolute atomic E-state index is 0.225. The van der Waals surface area contributed by atoms with E-state index in [4.69, 9.17) is 0 Å². The molecule has 0 aliphatic rings. The molecule has 1 aromatic heterocycles. The number of anilines is 2. The molecule has 9 aromatic rings. The highest BCUT2D eigenvalue weighted by molar-refractivity contribution is 7.25. The van der Waals surface area contributed by atoms with Gasteiger partial charge in [-0.05, 0) is 80.9 Å². The van der Waals surface area contributed by atoms with E-state index in [1.165, 1.54) is 36.9 Å². The fourth-order valence-electron chi connectivity index (χ4n) is 7.20. The molecular weight excluding hydrogens is 639 g/mol. The molecule has 0 amide bonds. The topological polar surface area (TPSA) is 32.3 Å². The summed E-state index contributed by atoms with van der Waals surface area (Å²) < 4.78 is 2.55. The van der Waals surface area contributed by atoms with Gasteiger partial charge in [0.05, 0.1) is 5.69 Å². The number of hydrogen-bond donors (Lipinski definition) is 2. The lowest BCUT2D eigenvalue weighted by Gasteiger charge is -2.19. The van der Waals surface area contributed by atoms with Crippen LogP contribution in [0, 0.1) is 0 Å². The molecule has 9 rings (SSSR count). The van der Waals surface area contributed by atoms with Gasteiger partial charge < -0.3 is 10.4 Å². The summed E-state index contributed by atoms with van der Waals surface area (Å²) in [5.74, 6) is 0.225. The molecule has 0 unspecified atom stereocenters. The largest absolute Gasteiger partial charge is 0.507 e. The number of benzene rings is 8. The summed E-state index contributed by atoms with van der Waals surface area (Å²) >= 11 is 1.83. The SMILES string of the molecule is Oc1cccc(Nc2ccccc2-c2cccc3sc4ccccc4c23)c1-c1ccccc1-c1cccc(-c2ccc(-c3ccccc3)cc2)c1. The number of para-hydroxylation sites is 1. The third kappa shape index (κ3) is 5.74. The zero-order chi connectivity index (χ0) is 34.1. The average Bonchev–Trinajstić information content (AvgIpc) is 3.58. The first-order chi connectivity index (χ1) is 25.2. The molecular formula is C48H33NOS. The molecule has 0 atom stereocenters. The number of hydrogen-bond acceptors (Lipinski definition) is 3. The molecule has 0 fully saturated rings. The van der Waals surface area contributed by atoms with Crippen molar-refractivity contribution in [3.8, 4) is 61.4 Å². The van der Waals surface area contributed by atoms with Gasteiger partial charge in [-0.1, -0.05) is 152 Å². The molecule has 3 heteroatoms. The Morgan fingerprint density at radius 2 is 0.922 bits per heavy atom. The van der Waals surface area contributed by atoms with Crippen LogP contribution in [0.25, 0.3) is 75.8 Å². The van der Waals surface area contributed by atoms with Crippen molar-refractivity contribution in [1.82, 2.24) is 0 Å². The number of phenolic OH excluding ortho intramolecular Hbond substituents is 1. The monoisotopic (exact) mass is 671 g/mol. The Bertz CT molecular complexity index is 2670. The van der Waals surface area contributed by atoms with E-state index in [9.17, 15) is 5.11 Å². The Balaban J connectivity index is 1.11. The third-order valence-electron chi connectivity index (χ3n) is 9.63. The second-order valence-corrected chi connectivity index (χ2v) is 13.8. The second-order valence-electron chi connectivity index (χ2n) is 12.7. The van der Waals surface area contributed by atoms with Crippen LogP contribution in [0.4, 0.5) is 11.4 Å². The van der Waals surface area contributed by atoms with Crippen molar-refractivity contribution in [3.05, 3.63) is 188 Å². The average molecular weight is 672 g/mol. The van der Waals surface area contributed by atoms with Gasteiger partial charge in [-0.25, -0.2) is 0 Å². The van der Waals surface area contributed by atoms with Crippen LogP contribution in [-0.2, 0) is 0 Å². The van der Waals surface area contributed by atoms with Crippen molar-refractivity contribution in [3.63, 3.8) is 0 Å². The quantitative estimate of drug-likeness (QED) is 0.177. The van der Waals surface area contributed by atoms with Crippen molar-refractivity contribution in [2.24, 2.45) is 0 Å². The molecule has 0 aliphatic heterocycles. The summed E-state index contributed by atoms with van der Waals surface area (Å²) in [6.45, 7) is 0. The maximum Gasteiger partial charge on any atom is 0.125 e. The van der Waals surface area contributed by atoms with Crippen molar-refractivity contribution in [2.45, 2.75) is 0 Å². The normalized spacial score (nSPS) is 11.2. The van der Waals surface area contributed by atoms with Gasteiger partial charge >= 0.3 is 0 Å². The molecule has 2 nitrogen and oxygen atoms in total. The van der Waals surface area contributed by atoms with Gasteiger partial charge in [-0.3, -0.25) is 0 Å². The van der Waals surface area contributed by atoms with E-state index in [-0.39, 0.29) is 5.75 Å². The molecule has 0 saturated heterocycles. The lowest BCUT2D eigenvalue weighted by Crippen LogP contribution is -1.97. The molecule has 0 bridgehead atoms. The Kier molecular flexibility index (Phi) is 7.88. The molecule has 0 radical (unpaired) electrons. The minimum atomic E-state index is 0.225. The summed E-state index contributed by atoms with van der Waals surface area (Å²) in [6.07, 6.45) is 0. The molecule has 51 heavy (non-hydrogen) atoms. The highest BCUT2D eigenvalue weighted by Gasteiger charge is 2.18. The zero-order valence-electron chi connectivity index (χ0n) is 27.8. The van der Waals surface area contributed by atoms with Crippen molar-refractivity contribution >= 4 is 42.9 Å². The second kappa shape index (κ2) is 13.1. The van der Waals surface area contributed by atoms with E-state index in [2.05, 4.69) is 163 Å². The molecule has 2 N–H and O–H groups in total. The summed E-state index contributed by atoms with van der Waals surface area (Å²) in [5, 5.41) is 17.8. The highest BCUT2D eigenvalue weighted by Crippen LogP contribution is 2.46. The molecule has 8 aromatic carbocycles.